The first-order valence-corrected chi connectivity index (χ1v) is 6.25. The van der Waals surface area contributed by atoms with Gasteiger partial charge in [0.1, 0.15) is 17.5 Å². The first-order chi connectivity index (χ1) is 9.38. The van der Waals surface area contributed by atoms with E-state index in [0.29, 0.717) is 5.56 Å². The predicted molar refractivity (Wildman–Crippen MR) is 70.8 cm³/mol. The van der Waals surface area contributed by atoms with E-state index >= 15 is 0 Å². The normalized spacial score (nSPS) is 10.7. The molecule has 0 radical (unpaired) electrons. The summed E-state index contributed by atoms with van der Waals surface area (Å²) in [5.41, 5.74) is -0.117. The van der Waals surface area contributed by atoms with Crippen molar-refractivity contribution in [2.24, 2.45) is 0 Å². The van der Waals surface area contributed by atoms with Gasteiger partial charge in [0, 0.05) is 6.42 Å². The fraction of sp³-hybridized carbons (Fsp3) is 0.0714. The molecule has 0 saturated heterocycles. The van der Waals surface area contributed by atoms with Crippen LogP contribution in [-0.4, -0.2) is 5.78 Å². The molecule has 0 atom stereocenters. The van der Waals surface area contributed by atoms with Crippen LogP contribution in [0.1, 0.15) is 15.9 Å². The zero-order valence-electron chi connectivity index (χ0n) is 9.89. The Morgan fingerprint density at radius 1 is 0.900 bits per heavy atom. The molecule has 1 nitrogen and oxygen atoms in total. The van der Waals surface area contributed by atoms with Gasteiger partial charge >= 0.3 is 0 Å². The molecule has 0 heterocycles. The van der Waals surface area contributed by atoms with E-state index in [0.717, 1.165) is 18.2 Å². The molecule has 2 rings (SSSR count). The van der Waals surface area contributed by atoms with Crippen LogP contribution in [0.4, 0.5) is 13.2 Å². The van der Waals surface area contributed by atoms with Gasteiger partial charge in [-0.25, -0.2) is 13.2 Å². The maximum absolute atomic E-state index is 13.6. The van der Waals surface area contributed by atoms with Gasteiger partial charge in [-0.2, -0.15) is 0 Å². The van der Waals surface area contributed by atoms with Gasteiger partial charge in [-0.15, -0.1) is 0 Å². The quantitative estimate of drug-likeness (QED) is 0.585. The van der Waals surface area contributed by atoms with Crippen LogP contribution in [0.3, 0.4) is 0 Å². The van der Waals surface area contributed by atoms with E-state index < -0.39 is 33.8 Å². The highest BCUT2D eigenvalue weighted by Crippen LogP contribution is 2.22. The van der Waals surface area contributed by atoms with Crippen LogP contribution in [0, 0.1) is 17.5 Å². The lowest BCUT2D eigenvalue weighted by molar-refractivity contribution is 0.0988. The monoisotopic (exact) mass is 318 g/mol. The summed E-state index contributed by atoms with van der Waals surface area (Å²) in [4.78, 5) is 11.9. The second-order valence-corrected chi connectivity index (χ2v) is 4.91. The van der Waals surface area contributed by atoms with Crippen molar-refractivity contribution in [1.82, 2.24) is 0 Å². The van der Waals surface area contributed by atoms with Crippen LogP contribution in [0.5, 0.6) is 0 Å². The Morgan fingerprint density at radius 2 is 1.55 bits per heavy atom. The minimum Gasteiger partial charge on any atom is -0.294 e. The fourth-order valence-electron chi connectivity index (χ4n) is 1.67. The lowest BCUT2D eigenvalue weighted by atomic mass is 10.0. The van der Waals surface area contributed by atoms with Crippen LogP contribution < -0.4 is 0 Å². The number of hydrogen-bond acceptors (Lipinski definition) is 1. The van der Waals surface area contributed by atoms with Crippen molar-refractivity contribution in [2.75, 3.05) is 0 Å². The number of carbonyl (C=O) groups is 1. The third-order valence-corrected chi connectivity index (χ3v) is 3.26. The molecule has 0 fully saturated rings. The number of benzene rings is 2. The summed E-state index contributed by atoms with van der Waals surface area (Å²) in [5, 5.41) is -0.485. The average Bonchev–Trinajstić information content (AvgIpc) is 2.38. The molecule has 0 bridgehead atoms. The Balaban J connectivity index is 2.28. The summed E-state index contributed by atoms with van der Waals surface area (Å²) >= 11 is 10.9. The summed E-state index contributed by atoms with van der Waals surface area (Å²) in [6.45, 7) is 0. The molecule has 0 amide bonds. The lowest BCUT2D eigenvalue weighted by Gasteiger charge is -2.05. The van der Waals surface area contributed by atoms with E-state index in [1.54, 1.807) is 0 Å². The number of rotatable bonds is 3. The highest BCUT2D eigenvalue weighted by molar-refractivity contribution is 6.31. The highest BCUT2D eigenvalue weighted by atomic mass is 35.5. The second kappa shape index (κ2) is 5.85. The Kier molecular flexibility index (Phi) is 4.35. The zero-order chi connectivity index (χ0) is 14.9. The molecule has 104 valence electrons. The van der Waals surface area contributed by atoms with Gasteiger partial charge in [-0.05, 0) is 29.8 Å². The zero-order valence-corrected chi connectivity index (χ0v) is 11.4. The van der Waals surface area contributed by atoms with Gasteiger partial charge in [0.15, 0.2) is 5.78 Å². The Hall–Kier alpha value is -1.52. The van der Waals surface area contributed by atoms with Crippen LogP contribution in [0.15, 0.2) is 30.3 Å². The predicted octanol–water partition coefficient (Wildman–Crippen LogP) is 4.84. The van der Waals surface area contributed by atoms with E-state index in [9.17, 15) is 18.0 Å². The molecule has 0 spiro atoms. The molecule has 0 unspecified atom stereocenters. The molecule has 0 aliphatic carbocycles. The second-order valence-electron chi connectivity index (χ2n) is 4.09. The SMILES string of the molecule is O=C(Cc1ccc(Cl)c(F)c1)c1cc(F)c(Cl)cc1F. The molecule has 2 aromatic carbocycles. The molecule has 0 saturated carbocycles. The van der Waals surface area contributed by atoms with E-state index in [1.807, 2.05) is 0 Å². The summed E-state index contributed by atoms with van der Waals surface area (Å²) in [6, 6.07) is 5.26. The Bertz CT molecular complexity index is 686. The van der Waals surface area contributed by atoms with Crippen molar-refractivity contribution >= 4 is 29.0 Å². The standard InChI is InChI=1S/C14H7Cl2F3O/c15-9-2-1-7(3-12(9)18)4-14(20)8-5-13(19)10(16)6-11(8)17/h1-3,5-6H,4H2. The number of halogens is 5. The van der Waals surface area contributed by atoms with Crippen molar-refractivity contribution < 1.29 is 18.0 Å². The van der Waals surface area contributed by atoms with Crippen LogP contribution in [0.2, 0.25) is 10.0 Å². The first kappa shape index (κ1) is 14.9. The number of hydrogen-bond donors (Lipinski definition) is 0. The lowest BCUT2D eigenvalue weighted by Crippen LogP contribution is -2.07. The molecule has 0 aliphatic heterocycles. The van der Waals surface area contributed by atoms with Gasteiger partial charge in [0.25, 0.3) is 0 Å². The van der Waals surface area contributed by atoms with Crippen molar-refractivity contribution in [2.45, 2.75) is 6.42 Å². The summed E-state index contributed by atoms with van der Waals surface area (Å²) in [6.07, 6.45) is -0.272. The van der Waals surface area contributed by atoms with Gasteiger partial charge in [-0.3, -0.25) is 4.79 Å². The minimum absolute atomic E-state index is 0.0788. The number of ketones is 1. The molecule has 2 aromatic rings. The fourth-order valence-corrected chi connectivity index (χ4v) is 1.93. The van der Waals surface area contributed by atoms with Crippen molar-refractivity contribution in [3.05, 3.63) is 69.0 Å². The molecule has 0 aliphatic rings. The molecule has 6 heteroatoms. The van der Waals surface area contributed by atoms with Gasteiger partial charge in [-0.1, -0.05) is 29.3 Å². The summed E-state index contributed by atoms with van der Waals surface area (Å²) < 4.78 is 40.0. The third kappa shape index (κ3) is 3.14. The maximum atomic E-state index is 13.6. The van der Waals surface area contributed by atoms with E-state index in [-0.39, 0.29) is 11.4 Å². The first-order valence-electron chi connectivity index (χ1n) is 5.50. The van der Waals surface area contributed by atoms with Crippen molar-refractivity contribution in [3.8, 4) is 0 Å². The van der Waals surface area contributed by atoms with E-state index in [2.05, 4.69) is 0 Å². The largest absolute Gasteiger partial charge is 0.294 e. The number of carbonyl (C=O) groups excluding carboxylic acids is 1. The highest BCUT2D eigenvalue weighted by Gasteiger charge is 2.16. The van der Waals surface area contributed by atoms with E-state index in [4.69, 9.17) is 23.2 Å². The summed E-state index contributed by atoms with van der Waals surface area (Å²) in [7, 11) is 0. The molecule has 0 N–H and O–H groups in total. The van der Waals surface area contributed by atoms with Gasteiger partial charge in [0.2, 0.25) is 0 Å². The van der Waals surface area contributed by atoms with Crippen LogP contribution in [0.25, 0.3) is 0 Å². The molecule has 20 heavy (non-hydrogen) atoms. The van der Waals surface area contributed by atoms with Crippen LogP contribution in [-0.2, 0) is 6.42 Å². The third-order valence-electron chi connectivity index (χ3n) is 2.66. The van der Waals surface area contributed by atoms with Gasteiger partial charge in [0.05, 0.1) is 15.6 Å². The van der Waals surface area contributed by atoms with Crippen molar-refractivity contribution in [1.29, 1.82) is 0 Å². The van der Waals surface area contributed by atoms with Crippen LogP contribution >= 0.6 is 23.2 Å². The van der Waals surface area contributed by atoms with Gasteiger partial charge < -0.3 is 0 Å². The van der Waals surface area contributed by atoms with E-state index in [1.165, 1.54) is 12.1 Å². The smallest absolute Gasteiger partial charge is 0.170 e. The molecular weight excluding hydrogens is 312 g/mol. The molecular formula is C14H7Cl2F3O. The topological polar surface area (TPSA) is 17.1 Å². The minimum atomic E-state index is -0.921. The Morgan fingerprint density at radius 3 is 2.20 bits per heavy atom. The molecule has 0 aromatic heterocycles. The Labute approximate surface area is 122 Å². The number of Topliss-reactive ketones (excluding diaryl/α,β-unsaturated/α-hetero) is 1. The maximum Gasteiger partial charge on any atom is 0.170 e. The summed E-state index contributed by atoms with van der Waals surface area (Å²) in [5.74, 6) is -3.17. The van der Waals surface area contributed by atoms with Crippen molar-refractivity contribution in [3.63, 3.8) is 0 Å². The average molecular weight is 319 g/mol.